The molecule has 0 spiro atoms. The average molecular weight is 397 g/mol. The van der Waals surface area contributed by atoms with Crippen LogP contribution in [0.5, 0.6) is 0 Å². The highest BCUT2D eigenvalue weighted by Crippen LogP contribution is 2.41. The highest BCUT2D eigenvalue weighted by atomic mass is 35.5. The van der Waals surface area contributed by atoms with Crippen LogP contribution in [0.4, 0.5) is 0 Å². The summed E-state index contributed by atoms with van der Waals surface area (Å²) in [6.45, 7) is 2.03. The number of benzene rings is 1. The quantitative estimate of drug-likeness (QED) is 0.564. The number of fused-ring (bicyclic) bond motifs is 2. The van der Waals surface area contributed by atoms with E-state index in [0.717, 1.165) is 36.0 Å². The second-order valence-electron chi connectivity index (χ2n) is 6.49. The predicted octanol–water partition coefficient (Wildman–Crippen LogP) is 1.40. The molecule has 9 heteroatoms. The molecule has 1 aliphatic heterocycles. The standard InChI is InChI=1S/C16H17ClN2O2.2CH2O2/c17-12-2-1-9-3-11(16(21)18-14(9)5-12)7-19-6-10-4-15(20)13(10)8-19;2*2-1-3/h1-3,5,10,13,15,20H,4,6-8H2,(H,18,21);2*1H,(H,2,3)/t10-,13+,15+;;/m1../s1. The normalized spacial score (nSPS) is 23.1. The van der Waals surface area contributed by atoms with E-state index in [9.17, 15) is 9.90 Å². The molecule has 1 saturated carbocycles. The highest BCUT2D eigenvalue weighted by Gasteiger charge is 2.46. The zero-order valence-corrected chi connectivity index (χ0v) is 15.2. The molecule has 0 unspecified atom stereocenters. The summed E-state index contributed by atoms with van der Waals surface area (Å²) < 4.78 is 0. The third-order valence-electron chi connectivity index (χ3n) is 4.88. The minimum absolute atomic E-state index is 0.0513. The van der Waals surface area contributed by atoms with Gasteiger partial charge in [0.15, 0.2) is 0 Å². The third-order valence-corrected chi connectivity index (χ3v) is 5.12. The topological polar surface area (TPSA) is 131 Å². The van der Waals surface area contributed by atoms with E-state index < -0.39 is 0 Å². The Hall–Kier alpha value is -2.42. The molecule has 1 saturated heterocycles. The van der Waals surface area contributed by atoms with Gasteiger partial charge in [-0.05, 0) is 35.9 Å². The first-order valence-electron chi connectivity index (χ1n) is 8.31. The molecule has 0 radical (unpaired) electrons. The van der Waals surface area contributed by atoms with Crippen molar-refractivity contribution in [1.29, 1.82) is 0 Å². The smallest absolute Gasteiger partial charge is 0.290 e. The number of nitrogens with one attached hydrogen (secondary N) is 1. The molecule has 4 N–H and O–H groups in total. The van der Waals surface area contributed by atoms with E-state index in [4.69, 9.17) is 31.4 Å². The lowest BCUT2D eigenvalue weighted by Crippen LogP contribution is -2.39. The van der Waals surface area contributed by atoms with E-state index in [1.54, 1.807) is 6.07 Å². The second kappa shape index (κ2) is 9.50. The van der Waals surface area contributed by atoms with Gasteiger partial charge in [0.1, 0.15) is 0 Å². The van der Waals surface area contributed by atoms with E-state index in [0.29, 0.717) is 23.4 Å². The summed E-state index contributed by atoms with van der Waals surface area (Å²) in [6, 6.07) is 7.47. The first kappa shape index (κ1) is 20.9. The Bertz CT molecular complexity index is 849. The van der Waals surface area contributed by atoms with Crippen molar-refractivity contribution in [3.8, 4) is 0 Å². The van der Waals surface area contributed by atoms with Gasteiger partial charge in [0.25, 0.3) is 18.5 Å². The van der Waals surface area contributed by atoms with Crippen LogP contribution >= 0.6 is 11.6 Å². The molecule has 2 aromatic rings. The molecule has 0 amide bonds. The maximum atomic E-state index is 12.2. The maximum absolute atomic E-state index is 12.2. The number of nitrogens with zero attached hydrogens (tertiary/aromatic N) is 1. The van der Waals surface area contributed by atoms with E-state index in [2.05, 4.69) is 9.88 Å². The van der Waals surface area contributed by atoms with Crippen LogP contribution in [-0.2, 0) is 16.1 Å². The summed E-state index contributed by atoms with van der Waals surface area (Å²) in [5.41, 5.74) is 1.50. The van der Waals surface area contributed by atoms with Gasteiger partial charge in [0.05, 0.1) is 6.10 Å². The van der Waals surface area contributed by atoms with Gasteiger partial charge in [-0.3, -0.25) is 19.3 Å². The number of carboxylic acid groups (broad SMARTS) is 2. The van der Waals surface area contributed by atoms with Gasteiger partial charge < -0.3 is 20.3 Å². The molecular weight excluding hydrogens is 376 g/mol. The number of H-pyrrole nitrogens is 1. The molecular formula is C18H21ClN2O6. The van der Waals surface area contributed by atoms with Crippen LogP contribution in [0.15, 0.2) is 29.1 Å². The van der Waals surface area contributed by atoms with Crippen molar-refractivity contribution in [1.82, 2.24) is 9.88 Å². The predicted molar refractivity (Wildman–Crippen MR) is 99.8 cm³/mol. The number of likely N-dealkylation sites (tertiary alicyclic amines) is 1. The van der Waals surface area contributed by atoms with Crippen molar-refractivity contribution in [2.24, 2.45) is 11.8 Å². The lowest BCUT2D eigenvalue weighted by atomic mass is 9.74. The Labute approximate surface area is 160 Å². The van der Waals surface area contributed by atoms with Crippen LogP contribution < -0.4 is 5.56 Å². The van der Waals surface area contributed by atoms with Crippen molar-refractivity contribution in [3.63, 3.8) is 0 Å². The van der Waals surface area contributed by atoms with Crippen LogP contribution in [0, 0.1) is 11.8 Å². The Morgan fingerprint density at radius 1 is 1.19 bits per heavy atom. The Morgan fingerprint density at radius 2 is 1.85 bits per heavy atom. The Kier molecular flexibility index (Phi) is 7.35. The van der Waals surface area contributed by atoms with Gasteiger partial charge in [-0.1, -0.05) is 17.7 Å². The van der Waals surface area contributed by atoms with Crippen LogP contribution in [0.2, 0.25) is 5.02 Å². The number of carbonyl (C=O) groups is 2. The SMILES string of the molecule is O=CO.O=CO.O=c1[nH]c2cc(Cl)ccc2cc1CN1C[C@H]2C[C@H](O)[C@H]2C1. The third kappa shape index (κ3) is 5.06. The average Bonchev–Trinajstić information content (AvgIpc) is 2.93. The van der Waals surface area contributed by atoms with Crippen LogP contribution in [0.3, 0.4) is 0 Å². The van der Waals surface area contributed by atoms with Gasteiger partial charge in [-0.15, -0.1) is 0 Å². The number of hydrogen-bond donors (Lipinski definition) is 4. The molecule has 8 nitrogen and oxygen atoms in total. The number of aromatic nitrogens is 1. The van der Waals surface area contributed by atoms with Crippen LogP contribution in [-0.4, -0.2) is 57.3 Å². The van der Waals surface area contributed by atoms with Crippen molar-refractivity contribution in [2.75, 3.05) is 13.1 Å². The summed E-state index contributed by atoms with van der Waals surface area (Å²) in [5.74, 6) is 1.02. The molecule has 3 atom stereocenters. The zero-order chi connectivity index (χ0) is 20.0. The van der Waals surface area contributed by atoms with Crippen LogP contribution in [0.1, 0.15) is 12.0 Å². The number of pyridine rings is 1. The first-order valence-corrected chi connectivity index (χ1v) is 8.68. The van der Waals surface area contributed by atoms with Gasteiger partial charge in [-0.2, -0.15) is 0 Å². The summed E-state index contributed by atoms with van der Waals surface area (Å²) in [5, 5.41) is 25.1. The monoisotopic (exact) mass is 396 g/mol. The molecule has 0 bridgehead atoms. The number of aromatic amines is 1. The molecule has 27 heavy (non-hydrogen) atoms. The largest absolute Gasteiger partial charge is 0.483 e. The number of aliphatic hydroxyl groups is 1. The number of hydrogen-bond acceptors (Lipinski definition) is 5. The summed E-state index contributed by atoms with van der Waals surface area (Å²) in [6.07, 6.45) is 0.769. The van der Waals surface area contributed by atoms with E-state index in [-0.39, 0.29) is 24.6 Å². The fourth-order valence-electron chi connectivity index (χ4n) is 3.67. The fourth-order valence-corrected chi connectivity index (χ4v) is 3.84. The lowest BCUT2D eigenvalue weighted by Gasteiger charge is -2.35. The highest BCUT2D eigenvalue weighted by molar-refractivity contribution is 6.31. The minimum Gasteiger partial charge on any atom is -0.483 e. The maximum Gasteiger partial charge on any atom is 0.290 e. The molecule has 1 aliphatic carbocycles. The van der Waals surface area contributed by atoms with E-state index in [1.165, 1.54) is 0 Å². The number of rotatable bonds is 2. The molecule has 4 rings (SSSR count). The van der Waals surface area contributed by atoms with Gasteiger partial charge in [0.2, 0.25) is 0 Å². The molecule has 2 fully saturated rings. The summed E-state index contributed by atoms with van der Waals surface area (Å²) >= 11 is 5.95. The van der Waals surface area contributed by atoms with Crippen molar-refractivity contribution >= 4 is 35.4 Å². The Morgan fingerprint density at radius 3 is 2.44 bits per heavy atom. The second-order valence-corrected chi connectivity index (χ2v) is 6.92. The zero-order valence-electron chi connectivity index (χ0n) is 14.4. The molecule has 146 valence electrons. The number of aliphatic hydroxyl groups excluding tert-OH is 1. The van der Waals surface area contributed by atoms with Crippen molar-refractivity contribution in [3.05, 3.63) is 45.2 Å². The van der Waals surface area contributed by atoms with Crippen LogP contribution in [0.25, 0.3) is 10.9 Å². The van der Waals surface area contributed by atoms with Gasteiger partial charge in [0, 0.05) is 41.7 Å². The summed E-state index contributed by atoms with van der Waals surface area (Å²) in [7, 11) is 0. The molecule has 2 heterocycles. The number of halogens is 1. The first-order chi connectivity index (χ1) is 12.9. The molecule has 1 aromatic heterocycles. The molecule has 1 aromatic carbocycles. The van der Waals surface area contributed by atoms with E-state index >= 15 is 0 Å². The lowest BCUT2D eigenvalue weighted by molar-refractivity contribution is -0.123. The Balaban J connectivity index is 0.000000389. The molecule has 2 aliphatic rings. The minimum atomic E-state index is -0.250. The van der Waals surface area contributed by atoms with Gasteiger partial charge in [-0.25, -0.2) is 0 Å². The fraction of sp³-hybridized carbons (Fsp3) is 0.389. The summed E-state index contributed by atoms with van der Waals surface area (Å²) in [4.78, 5) is 34.1. The van der Waals surface area contributed by atoms with Gasteiger partial charge >= 0.3 is 0 Å². The van der Waals surface area contributed by atoms with E-state index in [1.807, 2.05) is 18.2 Å². The van der Waals surface area contributed by atoms with Crippen molar-refractivity contribution < 1.29 is 24.9 Å². The van der Waals surface area contributed by atoms with Crippen molar-refractivity contribution in [2.45, 2.75) is 19.1 Å².